The Hall–Kier alpha value is -3.06. The van der Waals surface area contributed by atoms with Gasteiger partial charge in [-0.25, -0.2) is 17.2 Å². The van der Waals surface area contributed by atoms with Crippen molar-refractivity contribution in [3.05, 3.63) is 83.9 Å². The highest BCUT2D eigenvalue weighted by Crippen LogP contribution is 2.29. The number of carbonyl (C=O) groups is 1. The lowest BCUT2D eigenvalue weighted by molar-refractivity contribution is -0.136. The fourth-order valence-corrected chi connectivity index (χ4v) is 4.07. The quantitative estimate of drug-likeness (QED) is 0.715. The maximum absolute atomic E-state index is 14.0. The number of aliphatic carboxylic acids is 1. The topological polar surface area (TPSA) is 71.4 Å². The van der Waals surface area contributed by atoms with Gasteiger partial charge in [0.1, 0.15) is 0 Å². The highest BCUT2D eigenvalue weighted by molar-refractivity contribution is 7.91. The van der Waals surface area contributed by atoms with Gasteiger partial charge in [-0.2, -0.15) is 0 Å². The van der Waals surface area contributed by atoms with Gasteiger partial charge in [0.05, 0.1) is 16.2 Å². The largest absolute Gasteiger partial charge is 0.481 e. The lowest BCUT2D eigenvalue weighted by Crippen LogP contribution is -2.05. The first-order valence-corrected chi connectivity index (χ1v) is 9.37. The van der Waals surface area contributed by atoms with Gasteiger partial charge in [-0.15, -0.1) is 0 Å². The van der Waals surface area contributed by atoms with Gasteiger partial charge in [0.25, 0.3) is 0 Å². The van der Waals surface area contributed by atoms with E-state index in [-0.39, 0.29) is 27.3 Å². The van der Waals surface area contributed by atoms with Gasteiger partial charge in [-0.3, -0.25) is 4.79 Å². The Morgan fingerprint density at radius 2 is 1.52 bits per heavy atom. The summed E-state index contributed by atoms with van der Waals surface area (Å²) >= 11 is 0. The second-order valence-electron chi connectivity index (χ2n) is 5.85. The van der Waals surface area contributed by atoms with Crippen LogP contribution in [-0.4, -0.2) is 19.5 Å². The Morgan fingerprint density at radius 3 is 2.22 bits per heavy atom. The zero-order chi connectivity index (χ0) is 19.6. The zero-order valence-electron chi connectivity index (χ0n) is 13.9. The normalized spacial score (nSPS) is 11.3. The van der Waals surface area contributed by atoms with Crippen molar-refractivity contribution in [3.8, 4) is 11.1 Å². The predicted molar refractivity (Wildman–Crippen MR) is 95.0 cm³/mol. The van der Waals surface area contributed by atoms with Gasteiger partial charge in [0.2, 0.25) is 9.84 Å². The van der Waals surface area contributed by atoms with Crippen molar-refractivity contribution in [2.45, 2.75) is 16.2 Å². The fourth-order valence-electron chi connectivity index (χ4n) is 2.69. The lowest BCUT2D eigenvalue weighted by Gasteiger charge is -2.09. The molecule has 0 aliphatic rings. The molecular formula is C20H14F2O4S. The highest BCUT2D eigenvalue weighted by atomic mass is 32.2. The van der Waals surface area contributed by atoms with Crippen molar-refractivity contribution >= 4 is 15.8 Å². The summed E-state index contributed by atoms with van der Waals surface area (Å²) < 4.78 is 53.3. The third-order valence-electron chi connectivity index (χ3n) is 3.97. The molecule has 0 saturated heterocycles. The van der Waals surface area contributed by atoms with Crippen LogP contribution < -0.4 is 0 Å². The first kappa shape index (κ1) is 18.7. The highest BCUT2D eigenvalue weighted by Gasteiger charge is 2.20. The standard InChI is InChI=1S/C20H14F2O4S/c21-18-9-3-8-17(20(18)22)14-5-2-7-16(12-14)27(25,26)15-6-1-4-13(10-15)11-19(23)24/h1-10,12H,11H2,(H,23,24). The molecule has 0 aliphatic carbocycles. The van der Waals surface area contributed by atoms with Crippen LogP contribution in [0.2, 0.25) is 0 Å². The van der Waals surface area contributed by atoms with Crippen molar-refractivity contribution < 1.29 is 27.1 Å². The maximum atomic E-state index is 14.0. The summed E-state index contributed by atoms with van der Waals surface area (Å²) in [6, 6.07) is 14.8. The molecule has 0 saturated carbocycles. The first-order valence-electron chi connectivity index (χ1n) is 7.89. The predicted octanol–water partition coefficient (Wildman–Crippen LogP) is 4.09. The van der Waals surface area contributed by atoms with E-state index in [1.165, 1.54) is 60.7 Å². The molecule has 0 atom stereocenters. The van der Waals surface area contributed by atoms with E-state index in [2.05, 4.69) is 0 Å². The van der Waals surface area contributed by atoms with E-state index < -0.39 is 27.4 Å². The summed E-state index contributed by atoms with van der Waals surface area (Å²) in [6.45, 7) is 0. The van der Waals surface area contributed by atoms with Crippen LogP contribution in [0.1, 0.15) is 5.56 Å². The molecule has 3 aromatic carbocycles. The Labute approximate surface area is 154 Å². The Morgan fingerprint density at radius 1 is 0.889 bits per heavy atom. The van der Waals surface area contributed by atoms with E-state index in [0.717, 1.165) is 6.07 Å². The first-order chi connectivity index (χ1) is 12.8. The van der Waals surface area contributed by atoms with Gasteiger partial charge >= 0.3 is 5.97 Å². The van der Waals surface area contributed by atoms with Gasteiger partial charge in [0.15, 0.2) is 11.6 Å². The summed E-state index contributed by atoms with van der Waals surface area (Å²) in [5.41, 5.74) is 0.511. The minimum Gasteiger partial charge on any atom is -0.481 e. The van der Waals surface area contributed by atoms with Crippen LogP contribution in [0.25, 0.3) is 11.1 Å². The Bertz CT molecular complexity index is 1120. The van der Waals surface area contributed by atoms with Crippen LogP contribution in [0.5, 0.6) is 0 Å². The van der Waals surface area contributed by atoms with Crippen molar-refractivity contribution in [3.63, 3.8) is 0 Å². The number of carboxylic acid groups (broad SMARTS) is 1. The average molecular weight is 388 g/mol. The third-order valence-corrected chi connectivity index (χ3v) is 5.72. The molecule has 4 nitrogen and oxygen atoms in total. The van der Waals surface area contributed by atoms with Crippen LogP contribution in [0.15, 0.2) is 76.5 Å². The van der Waals surface area contributed by atoms with Crippen LogP contribution in [-0.2, 0) is 21.1 Å². The van der Waals surface area contributed by atoms with Gasteiger partial charge in [-0.1, -0.05) is 36.4 Å². The Balaban J connectivity index is 2.06. The van der Waals surface area contributed by atoms with E-state index in [4.69, 9.17) is 5.11 Å². The van der Waals surface area contributed by atoms with Crippen molar-refractivity contribution in [2.24, 2.45) is 0 Å². The lowest BCUT2D eigenvalue weighted by atomic mass is 10.1. The van der Waals surface area contributed by atoms with Crippen molar-refractivity contribution in [1.29, 1.82) is 0 Å². The number of sulfone groups is 1. The third kappa shape index (κ3) is 3.88. The van der Waals surface area contributed by atoms with Crippen LogP contribution in [0, 0.1) is 11.6 Å². The molecule has 138 valence electrons. The van der Waals surface area contributed by atoms with Crippen LogP contribution in [0.4, 0.5) is 8.78 Å². The number of hydrogen-bond acceptors (Lipinski definition) is 3. The summed E-state index contributed by atoms with van der Waals surface area (Å²) in [5.74, 6) is -3.16. The number of rotatable bonds is 5. The van der Waals surface area contributed by atoms with Gasteiger partial charge in [-0.05, 0) is 41.5 Å². The molecular weight excluding hydrogens is 374 g/mol. The van der Waals surface area contributed by atoms with Gasteiger partial charge < -0.3 is 5.11 Å². The molecule has 0 unspecified atom stereocenters. The van der Waals surface area contributed by atoms with E-state index in [0.29, 0.717) is 5.56 Å². The molecule has 1 N–H and O–H groups in total. The molecule has 3 rings (SSSR count). The second kappa shape index (κ2) is 7.28. The molecule has 0 aliphatic heterocycles. The maximum Gasteiger partial charge on any atom is 0.307 e. The van der Waals surface area contributed by atoms with E-state index >= 15 is 0 Å². The average Bonchev–Trinajstić information content (AvgIpc) is 2.64. The minimum absolute atomic E-state index is 0.0494. The molecule has 0 spiro atoms. The molecule has 0 aromatic heterocycles. The number of carboxylic acids is 1. The summed E-state index contributed by atoms with van der Waals surface area (Å²) in [7, 11) is -3.96. The number of halogens is 2. The molecule has 0 fully saturated rings. The molecule has 3 aromatic rings. The van der Waals surface area contributed by atoms with Crippen LogP contribution in [0.3, 0.4) is 0 Å². The summed E-state index contributed by atoms with van der Waals surface area (Å²) in [6.07, 6.45) is -0.308. The van der Waals surface area contributed by atoms with E-state index in [9.17, 15) is 22.0 Å². The zero-order valence-corrected chi connectivity index (χ0v) is 14.7. The van der Waals surface area contributed by atoms with Gasteiger partial charge in [0, 0.05) is 5.56 Å². The minimum atomic E-state index is -3.96. The number of hydrogen-bond donors (Lipinski definition) is 1. The molecule has 27 heavy (non-hydrogen) atoms. The van der Waals surface area contributed by atoms with E-state index in [1.807, 2.05) is 0 Å². The van der Waals surface area contributed by atoms with E-state index in [1.54, 1.807) is 0 Å². The molecule has 0 heterocycles. The summed E-state index contributed by atoms with van der Waals surface area (Å²) in [5, 5.41) is 8.87. The smallest absolute Gasteiger partial charge is 0.307 e. The molecule has 7 heteroatoms. The monoisotopic (exact) mass is 388 g/mol. The van der Waals surface area contributed by atoms with Crippen molar-refractivity contribution in [2.75, 3.05) is 0 Å². The second-order valence-corrected chi connectivity index (χ2v) is 7.80. The van der Waals surface area contributed by atoms with Crippen molar-refractivity contribution in [1.82, 2.24) is 0 Å². The molecule has 0 radical (unpaired) electrons. The number of benzene rings is 3. The van der Waals surface area contributed by atoms with Crippen LogP contribution >= 0.6 is 0 Å². The Kier molecular flexibility index (Phi) is 5.05. The SMILES string of the molecule is O=C(O)Cc1cccc(S(=O)(=O)c2cccc(-c3cccc(F)c3F)c2)c1. The molecule has 0 bridgehead atoms. The molecule has 0 amide bonds. The summed E-state index contributed by atoms with van der Waals surface area (Å²) in [4.78, 5) is 10.7. The fraction of sp³-hybridized carbons (Fsp3) is 0.0500.